The van der Waals surface area contributed by atoms with E-state index in [4.69, 9.17) is 4.74 Å². The summed E-state index contributed by atoms with van der Waals surface area (Å²) in [4.78, 5) is 28.5. The fourth-order valence-electron chi connectivity index (χ4n) is 3.12. The van der Waals surface area contributed by atoms with Crippen molar-refractivity contribution in [3.8, 4) is 0 Å². The van der Waals surface area contributed by atoms with Gasteiger partial charge in [0.25, 0.3) is 0 Å². The molecule has 0 radical (unpaired) electrons. The summed E-state index contributed by atoms with van der Waals surface area (Å²) in [5.74, 6) is -0.430. The number of benzene rings is 2. The molecule has 0 bridgehead atoms. The van der Waals surface area contributed by atoms with Crippen LogP contribution in [0.1, 0.15) is 5.56 Å². The molecular weight excluding hydrogens is 368 g/mol. The summed E-state index contributed by atoms with van der Waals surface area (Å²) in [7, 11) is 3.92. The second kappa shape index (κ2) is 9.93. The van der Waals surface area contributed by atoms with Crippen LogP contribution in [-0.2, 0) is 20.7 Å². The van der Waals surface area contributed by atoms with E-state index in [9.17, 15) is 9.59 Å². The zero-order chi connectivity index (χ0) is 20.6. The average molecular weight is 396 g/mol. The largest absolute Gasteiger partial charge is 0.378 e. The summed E-state index contributed by atoms with van der Waals surface area (Å²) in [6.07, 6.45) is 0.244. The van der Waals surface area contributed by atoms with Crippen molar-refractivity contribution in [2.75, 3.05) is 62.1 Å². The Morgan fingerprint density at radius 3 is 2.24 bits per heavy atom. The van der Waals surface area contributed by atoms with Crippen LogP contribution in [0.25, 0.3) is 0 Å². The van der Waals surface area contributed by atoms with Crippen LogP contribution in [0, 0.1) is 0 Å². The first-order valence-corrected chi connectivity index (χ1v) is 9.77. The van der Waals surface area contributed by atoms with Gasteiger partial charge in [0.05, 0.1) is 26.2 Å². The van der Waals surface area contributed by atoms with Gasteiger partial charge in [-0.05, 0) is 42.0 Å². The minimum Gasteiger partial charge on any atom is -0.378 e. The highest BCUT2D eigenvalue weighted by Gasteiger charge is 2.12. The number of morpholine rings is 1. The third-order valence-electron chi connectivity index (χ3n) is 4.79. The molecule has 1 aliphatic heterocycles. The number of hydrogen-bond acceptors (Lipinski definition) is 5. The fourth-order valence-corrected chi connectivity index (χ4v) is 3.12. The van der Waals surface area contributed by atoms with Gasteiger partial charge in [-0.25, -0.2) is 0 Å². The average Bonchev–Trinajstić information content (AvgIpc) is 2.74. The van der Waals surface area contributed by atoms with Crippen molar-refractivity contribution >= 4 is 28.9 Å². The quantitative estimate of drug-likeness (QED) is 0.748. The summed E-state index contributed by atoms with van der Waals surface area (Å²) < 4.78 is 5.37. The van der Waals surface area contributed by atoms with Crippen LogP contribution in [0.3, 0.4) is 0 Å². The second-order valence-electron chi connectivity index (χ2n) is 7.21. The number of hydrogen-bond donors (Lipinski definition) is 2. The molecule has 3 rings (SSSR count). The molecule has 1 fully saturated rings. The number of carbonyl (C=O) groups excluding carboxylic acids is 2. The number of ether oxygens (including phenoxy) is 1. The van der Waals surface area contributed by atoms with Crippen LogP contribution in [0.5, 0.6) is 0 Å². The SMILES string of the molecule is CN(C)c1ccc(NC(=O)CNC(=O)Cc2ccc(N3CCOCC3)cc2)cc1. The number of nitrogens with one attached hydrogen (secondary N) is 2. The summed E-state index contributed by atoms with van der Waals surface area (Å²) in [6, 6.07) is 15.5. The number of carbonyl (C=O) groups is 2. The molecule has 0 saturated carbocycles. The van der Waals surface area contributed by atoms with E-state index in [-0.39, 0.29) is 24.8 Å². The Morgan fingerprint density at radius 2 is 1.62 bits per heavy atom. The van der Waals surface area contributed by atoms with Crippen molar-refractivity contribution in [1.82, 2.24) is 5.32 Å². The van der Waals surface area contributed by atoms with Crippen molar-refractivity contribution in [3.05, 3.63) is 54.1 Å². The molecule has 0 aromatic heterocycles. The molecule has 29 heavy (non-hydrogen) atoms. The fraction of sp³-hybridized carbons (Fsp3) is 0.364. The van der Waals surface area contributed by atoms with Gasteiger partial charge >= 0.3 is 0 Å². The topological polar surface area (TPSA) is 73.9 Å². The molecule has 1 aliphatic rings. The van der Waals surface area contributed by atoms with Crippen LogP contribution in [0.15, 0.2) is 48.5 Å². The third kappa shape index (κ3) is 6.22. The van der Waals surface area contributed by atoms with Gasteiger partial charge in [0.1, 0.15) is 0 Å². The number of rotatable bonds is 7. The Morgan fingerprint density at radius 1 is 0.966 bits per heavy atom. The molecule has 0 unspecified atom stereocenters. The number of nitrogens with zero attached hydrogens (tertiary/aromatic N) is 2. The Kier molecular flexibility index (Phi) is 7.08. The van der Waals surface area contributed by atoms with Gasteiger partial charge in [-0.1, -0.05) is 12.1 Å². The van der Waals surface area contributed by atoms with Crippen LogP contribution < -0.4 is 20.4 Å². The van der Waals surface area contributed by atoms with E-state index >= 15 is 0 Å². The van der Waals surface area contributed by atoms with Crippen molar-refractivity contribution in [2.24, 2.45) is 0 Å². The maximum absolute atomic E-state index is 12.2. The highest BCUT2D eigenvalue weighted by molar-refractivity contribution is 5.94. The highest BCUT2D eigenvalue weighted by Crippen LogP contribution is 2.17. The van der Waals surface area contributed by atoms with Gasteiger partial charge in [0, 0.05) is 44.2 Å². The predicted octanol–water partition coefficient (Wildman–Crippen LogP) is 1.89. The number of anilines is 3. The zero-order valence-corrected chi connectivity index (χ0v) is 17.0. The third-order valence-corrected chi connectivity index (χ3v) is 4.79. The molecule has 1 heterocycles. The van der Waals surface area contributed by atoms with Gasteiger partial charge in [-0.2, -0.15) is 0 Å². The predicted molar refractivity (Wildman–Crippen MR) is 116 cm³/mol. The lowest BCUT2D eigenvalue weighted by molar-refractivity contribution is -0.123. The maximum atomic E-state index is 12.2. The van der Waals surface area contributed by atoms with E-state index in [1.165, 1.54) is 0 Å². The Hall–Kier alpha value is -3.06. The van der Waals surface area contributed by atoms with Crippen molar-refractivity contribution in [1.29, 1.82) is 0 Å². The summed E-state index contributed by atoms with van der Waals surface area (Å²) in [6.45, 7) is 3.19. The van der Waals surface area contributed by atoms with Crippen LogP contribution in [0.2, 0.25) is 0 Å². The molecule has 2 amide bonds. The smallest absolute Gasteiger partial charge is 0.243 e. The maximum Gasteiger partial charge on any atom is 0.243 e. The van der Waals surface area contributed by atoms with Gasteiger partial charge in [-0.15, -0.1) is 0 Å². The summed E-state index contributed by atoms with van der Waals surface area (Å²) in [5.41, 5.74) is 3.81. The molecule has 2 aromatic rings. The first-order chi connectivity index (χ1) is 14.0. The van der Waals surface area contributed by atoms with E-state index in [0.717, 1.165) is 43.2 Å². The van der Waals surface area contributed by atoms with E-state index < -0.39 is 0 Å². The highest BCUT2D eigenvalue weighted by atomic mass is 16.5. The molecule has 1 saturated heterocycles. The van der Waals surface area contributed by atoms with E-state index in [1.54, 1.807) is 0 Å². The molecule has 2 N–H and O–H groups in total. The molecule has 7 nitrogen and oxygen atoms in total. The summed E-state index contributed by atoms with van der Waals surface area (Å²) >= 11 is 0. The molecular formula is C22H28N4O3. The van der Waals surface area contributed by atoms with E-state index in [0.29, 0.717) is 5.69 Å². The Balaban J connectivity index is 1.42. The standard InChI is InChI=1S/C22H28N4O3/c1-25(2)19-9-5-18(6-10-19)24-22(28)16-23-21(27)15-17-3-7-20(8-4-17)26-11-13-29-14-12-26/h3-10H,11-16H2,1-2H3,(H,23,27)(H,24,28). The van der Waals surface area contributed by atoms with Crippen molar-refractivity contribution in [3.63, 3.8) is 0 Å². The lowest BCUT2D eigenvalue weighted by Gasteiger charge is -2.28. The minimum atomic E-state index is -0.251. The van der Waals surface area contributed by atoms with Crippen LogP contribution >= 0.6 is 0 Å². The van der Waals surface area contributed by atoms with E-state index in [1.807, 2.05) is 67.5 Å². The number of amides is 2. The molecule has 0 aliphatic carbocycles. The van der Waals surface area contributed by atoms with Gasteiger partial charge < -0.3 is 25.2 Å². The lowest BCUT2D eigenvalue weighted by atomic mass is 10.1. The summed E-state index contributed by atoms with van der Waals surface area (Å²) in [5, 5.41) is 5.46. The second-order valence-corrected chi connectivity index (χ2v) is 7.21. The molecule has 0 atom stereocenters. The minimum absolute atomic E-state index is 0.0554. The first-order valence-electron chi connectivity index (χ1n) is 9.77. The van der Waals surface area contributed by atoms with Crippen molar-refractivity contribution < 1.29 is 14.3 Å². The molecule has 2 aromatic carbocycles. The van der Waals surface area contributed by atoms with Gasteiger partial charge in [-0.3, -0.25) is 9.59 Å². The monoisotopic (exact) mass is 396 g/mol. The molecule has 0 spiro atoms. The zero-order valence-electron chi connectivity index (χ0n) is 17.0. The Labute approximate surface area is 171 Å². The Bertz CT molecular complexity index is 813. The molecule has 154 valence electrons. The van der Waals surface area contributed by atoms with Gasteiger partial charge in [0.15, 0.2) is 0 Å². The molecule has 7 heteroatoms. The van der Waals surface area contributed by atoms with Crippen LogP contribution in [-0.4, -0.2) is 58.8 Å². The van der Waals surface area contributed by atoms with Crippen molar-refractivity contribution in [2.45, 2.75) is 6.42 Å². The van der Waals surface area contributed by atoms with Crippen LogP contribution in [0.4, 0.5) is 17.1 Å². The first kappa shape index (κ1) is 20.7. The lowest BCUT2D eigenvalue weighted by Crippen LogP contribution is -2.36. The van der Waals surface area contributed by atoms with E-state index in [2.05, 4.69) is 15.5 Å². The van der Waals surface area contributed by atoms with Gasteiger partial charge in [0.2, 0.25) is 11.8 Å². The normalized spacial score (nSPS) is 13.7.